The SMILES string of the molecule is O=C(CNC1CCCC1)N(Cc1ccncc1)C1CC1. The van der Waals surface area contributed by atoms with Crippen LogP contribution in [-0.4, -0.2) is 34.4 Å². The number of hydrogen-bond donors (Lipinski definition) is 1. The molecule has 4 nitrogen and oxygen atoms in total. The zero-order valence-electron chi connectivity index (χ0n) is 11.9. The monoisotopic (exact) mass is 273 g/mol. The highest BCUT2D eigenvalue weighted by Crippen LogP contribution is 2.28. The zero-order valence-corrected chi connectivity index (χ0v) is 11.9. The summed E-state index contributed by atoms with van der Waals surface area (Å²) >= 11 is 0. The van der Waals surface area contributed by atoms with Crippen LogP contribution < -0.4 is 5.32 Å². The van der Waals surface area contributed by atoms with Crippen molar-refractivity contribution in [2.75, 3.05) is 6.54 Å². The van der Waals surface area contributed by atoms with Gasteiger partial charge >= 0.3 is 0 Å². The summed E-state index contributed by atoms with van der Waals surface area (Å²) in [4.78, 5) is 18.5. The summed E-state index contributed by atoms with van der Waals surface area (Å²) in [7, 11) is 0. The maximum absolute atomic E-state index is 12.4. The van der Waals surface area contributed by atoms with Crippen molar-refractivity contribution in [3.8, 4) is 0 Å². The summed E-state index contributed by atoms with van der Waals surface area (Å²) in [6.45, 7) is 1.21. The van der Waals surface area contributed by atoms with Gasteiger partial charge in [-0.05, 0) is 43.4 Å². The van der Waals surface area contributed by atoms with Gasteiger partial charge in [0.25, 0.3) is 0 Å². The maximum atomic E-state index is 12.4. The van der Waals surface area contributed by atoms with Crippen molar-refractivity contribution in [1.82, 2.24) is 15.2 Å². The van der Waals surface area contributed by atoms with Gasteiger partial charge in [-0.2, -0.15) is 0 Å². The number of nitrogens with zero attached hydrogens (tertiary/aromatic N) is 2. The van der Waals surface area contributed by atoms with Crippen LogP contribution in [0.5, 0.6) is 0 Å². The lowest BCUT2D eigenvalue weighted by molar-refractivity contribution is -0.131. The van der Waals surface area contributed by atoms with E-state index in [1.54, 1.807) is 12.4 Å². The van der Waals surface area contributed by atoms with E-state index in [1.165, 1.54) is 31.2 Å². The Balaban J connectivity index is 1.54. The first kappa shape index (κ1) is 13.6. The normalized spacial score (nSPS) is 19.2. The molecule has 0 saturated heterocycles. The van der Waals surface area contributed by atoms with Gasteiger partial charge in [-0.15, -0.1) is 0 Å². The molecule has 2 aliphatic rings. The molecule has 1 aromatic rings. The average molecular weight is 273 g/mol. The molecule has 0 unspecified atom stereocenters. The highest BCUT2D eigenvalue weighted by Gasteiger charge is 2.32. The third-order valence-corrected chi connectivity index (χ3v) is 4.31. The largest absolute Gasteiger partial charge is 0.334 e. The van der Waals surface area contributed by atoms with Gasteiger partial charge in [0.1, 0.15) is 0 Å². The van der Waals surface area contributed by atoms with E-state index in [2.05, 4.69) is 10.3 Å². The number of amides is 1. The number of hydrogen-bond acceptors (Lipinski definition) is 3. The lowest BCUT2D eigenvalue weighted by atomic mass is 10.2. The van der Waals surface area contributed by atoms with Crippen LogP contribution in [0.2, 0.25) is 0 Å². The topological polar surface area (TPSA) is 45.2 Å². The van der Waals surface area contributed by atoms with E-state index in [0.717, 1.165) is 19.4 Å². The van der Waals surface area contributed by atoms with Gasteiger partial charge < -0.3 is 10.2 Å². The predicted molar refractivity (Wildman–Crippen MR) is 78.1 cm³/mol. The van der Waals surface area contributed by atoms with Crippen LogP contribution in [0.1, 0.15) is 44.1 Å². The number of nitrogens with one attached hydrogen (secondary N) is 1. The first-order chi connectivity index (χ1) is 9.83. The summed E-state index contributed by atoms with van der Waals surface area (Å²) in [5.41, 5.74) is 1.17. The van der Waals surface area contributed by atoms with Crippen LogP contribution >= 0.6 is 0 Å². The lowest BCUT2D eigenvalue weighted by Crippen LogP contribution is -2.41. The Morgan fingerprint density at radius 1 is 1.20 bits per heavy atom. The lowest BCUT2D eigenvalue weighted by Gasteiger charge is -2.23. The van der Waals surface area contributed by atoms with E-state index < -0.39 is 0 Å². The zero-order chi connectivity index (χ0) is 13.8. The third-order valence-electron chi connectivity index (χ3n) is 4.31. The van der Waals surface area contributed by atoms with Gasteiger partial charge in [-0.25, -0.2) is 0 Å². The van der Waals surface area contributed by atoms with Crippen molar-refractivity contribution in [3.05, 3.63) is 30.1 Å². The van der Waals surface area contributed by atoms with Crippen molar-refractivity contribution in [3.63, 3.8) is 0 Å². The van der Waals surface area contributed by atoms with E-state index in [9.17, 15) is 4.79 Å². The van der Waals surface area contributed by atoms with E-state index >= 15 is 0 Å². The maximum Gasteiger partial charge on any atom is 0.237 e. The van der Waals surface area contributed by atoms with Gasteiger partial charge in [-0.1, -0.05) is 12.8 Å². The van der Waals surface area contributed by atoms with Crippen molar-refractivity contribution >= 4 is 5.91 Å². The molecule has 4 heteroatoms. The minimum Gasteiger partial charge on any atom is -0.334 e. The van der Waals surface area contributed by atoms with Crippen LogP contribution in [-0.2, 0) is 11.3 Å². The molecule has 2 fully saturated rings. The molecule has 1 N–H and O–H groups in total. The van der Waals surface area contributed by atoms with E-state index in [1.807, 2.05) is 17.0 Å². The minimum absolute atomic E-state index is 0.246. The summed E-state index contributed by atoms with van der Waals surface area (Å²) in [5, 5.41) is 3.43. The molecule has 0 aromatic carbocycles. The van der Waals surface area contributed by atoms with Gasteiger partial charge in [0, 0.05) is 31.0 Å². The molecule has 0 spiro atoms. The quantitative estimate of drug-likeness (QED) is 0.863. The molecule has 20 heavy (non-hydrogen) atoms. The molecule has 1 heterocycles. The first-order valence-electron chi connectivity index (χ1n) is 7.74. The Bertz CT molecular complexity index is 438. The van der Waals surface area contributed by atoms with Crippen LogP contribution in [0.4, 0.5) is 0 Å². The van der Waals surface area contributed by atoms with Gasteiger partial charge in [-0.3, -0.25) is 9.78 Å². The van der Waals surface area contributed by atoms with Crippen molar-refractivity contribution < 1.29 is 4.79 Å². The fourth-order valence-electron chi connectivity index (χ4n) is 2.96. The second-order valence-electron chi connectivity index (χ2n) is 5.97. The van der Waals surface area contributed by atoms with Crippen molar-refractivity contribution in [2.24, 2.45) is 0 Å². The summed E-state index contributed by atoms with van der Waals surface area (Å²) in [6, 6.07) is 5.00. The fourth-order valence-corrected chi connectivity index (χ4v) is 2.96. The summed E-state index contributed by atoms with van der Waals surface area (Å²) in [6.07, 6.45) is 10.9. The van der Waals surface area contributed by atoms with E-state index in [4.69, 9.17) is 0 Å². The molecular weight excluding hydrogens is 250 g/mol. The number of pyridine rings is 1. The molecule has 0 radical (unpaired) electrons. The molecule has 0 bridgehead atoms. The van der Waals surface area contributed by atoms with Crippen molar-refractivity contribution in [2.45, 2.75) is 57.2 Å². The Morgan fingerprint density at radius 2 is 1.90 bits per heavy atom. The Hall–Kier alpha value is -1.42. The molecule has 0 aliphatic heterocycles. The fraction of sp³-hybridized carbons (Fsp3) is 0.625. The average Bonchev–Trinajstić information content (AvgIpc) is 3.19. The molecule has 2 aliphatic carbocycles. The molecule has 108 valence electrons. The van der Waals surface area contributed by atoms with Crippen LogP contribution in [0.25, 0.3) is 0 Å². The predicted octanol–water partition coefficient (Wildman–Crippen LogP) is 2.10. The Labute approximate surface area is 120 Å². The van der Waals surface area contributed by atoms with Crippen LogP contribution in [0.3, 0.4) is 0 Å². The second kappa shape index (κ2) is 6.35. The second-order valence-corrected chi connectivity index (χ2v) is 5.97. The number of rotatable bonds is 6. The molecule has 1 aromatic heterocycles. The van der Waals surface area contributed by atoms with Gasteiger partial charge in [0.15, 0.2) is 0 Å². The van der Waals surface area contributed by atoms with E-state index in [0.29, 0.717) is 18.6 Å². The molecule has 1 amide bonds. The molecule has 0 atom stereocenters. The third kappa shape index (κ3) is 3.57. The summed E-state index contributed by atoms with van der Waals surface area (Å²) in [5.74, 6) is 0.246. The smallest absolute Gasteiger partial charge is 0.237 e. The Kier molecular flexibility index (Phi) is 4.31. The van der Waals surface area contributed by atoms with E-state index in [-0.39, 0.29) is 5.91 Å². The van der Waals surface area contributed by atoms with Crippen molar-refractivity contribution in [1.29, 1.82) is 0 Å². The van der Waals surface area contributed by atoms with Crippen LogP contribution in [0.15, 0.2) is 24.5 Å². The molecule has 2 saturated carbocycles. The highest BCUT2D eigenvalue weighted by atomic mass is 16.2. The summed E-state index contributed by atoms with van der Waals surface area (Å²) < 4.78 is 0. The molecular formula is C16H23N3O. The number of carbonyl (C=O) groups is 1. The van der Waals surface area contributed by atoms with Gasteiger partial charge in [0.05, 0.1) is 6.54 Å². The van der Waals surface area contributed by atoms with Crippen LogP contribution in [0, 0.1) is 0 Å². The minimum atomic E-state index is 0.246. The van der Waals surface area contributed by atoms with Gasteiger partial charge in [0.2, 0.25) is 5.91 Å². The highest BCUT2D eigenvalue weighted by molar-refractivity contribution is 5.79. The first-order valence-corrected chi connectivity index (χ1v) is 7.74. The molecule has 3 rings (SSSR count). The Morgan fingerprint density at radius 3 is 2.55 bits per heavy atom. The standard InChI is InChI=1S/C16H23N3O/c20-16(11-18-14-3-1-2-4-14)19(15-5-6-15)12-13-7-9-17-10-8-13/h7-10,14-15,18H,1-6,11-12H2. The number of carbonyl (C=O) groups excluding carboxylic acids is 1. The number of aromatic nitrogens is 1.